The Labute approximate surface area is 125 Å². The van der Waals surface area contributed by atoms with Crippen molar-refractivity contribution in [2.24, 2.45) is 0 Å². The van der Waals surface area contributed by atoms with Crippen molar-refractivity contribution in [3.63, 3.8) is 0 Å². The van der Waals surface area contributed by atoms with Crippen LogP contribution in [-0.2, 0) is 11.2 Å². The first kappa shape index (κ1) is 14.5. The van der Waals surface area contributed by atoms with E-state index >= 15 is 0 Å². The first-order valence-corrected chi connectivity index (χ1v) is 7.86. The van der Waals surface area contributed by atoms with Crippen molar-refractivity contribution in [2.45, 2.75) is 32.2 Å². The van der Waals surface area contributed by atoms with Crippen molar-refractivity contribution in [3.8, 4) is 0 Å². The number of rotatable bonds is 6. The smallest absolute Gasteiger partial charge is 0.160 e. The molecule has 2 aromatic heterocycles. The third-order valence-corrected chi connectivity index (χ3v) is 4.33. The maximum Gasteiger partial charge on any atom is 0.160 e. The van der Waals surface area contributed by atoms with Gasteiger partial charge in [-0.05, 0) is 31.5 Å². The Bertz CT molecular complexity index is 595. The van der Waals surface area contributed by atoms with Crippen molar-refractivity contribution in [3.05, 3.63) is 24.2 Å². The first-order valence-electron chi connectivity index (χ1n) is 7.86. The van der Waals surface area contributed by atoms with E-state index in [1.165, 1.54) is 13.0 Å². The van der Waals surface area contributed by atoms with E-state index in [2.05, 4.69) is 27.4 Å². The molecule has 0 aromatic carbocycles. The van der Waals surface area contributed by atoms with Crippen LogP contribution in [0.2, 0.25) is 0 Å². The Morgan fingerprint density at radius 1 is 1.43 bits per heavy atom. The molecule has 21 heavy (non-hydrogen) atoms. The zero-order valence-electron chi connectivity index (χ0n) is 13.0. The van der Waals surface area contributed by atoms with E-state index in [-0.39, 0.29) is 0 Å². The Balaban J connectivity index is 1.91. The van der Waals surface area contributed by atoms with Gasteiger partial charge < -0.3 is 14.2 Å². The molecule has 2 aromatic rings. The molecule has 0 bridgehead atoms. The van der Waals surface area contributed by atoms with E-state index < -0.39 is 0 Å². The summed E-state index contributed by atoms with van der Waals surface area (Å²) in [5.41, 5.74) is 2.05. The van der Waals surface area contributed by atoms with E-state index in [1.54, 1.807) is 7.11 Å². The fraction of sp³-hybridized carbons (Fsp3) is 0.625. The largest absolute Gasteiger partial charge is 0.385 e. The molecule has 3 heterocycles. The average molecular weight is 288 g/mol. The third kappa shape index (κ3) is 2.94. The number of methoxy groups -OCH3 is 1. The van der Waals surface area contributed by atoms with Crippen molar-refractivity contribution in [2.75, 3.05) is 33.4 Å². The van der Waals surface area contributed by atoms with Crippen LogP contribution in [0.5, 0.6) is 0 Å². The maximum atomic E-state index is 5.18. The predicted molar refractivity (Wildman–Crippen MR) is 83.5 cm³/mol. The molecule has 114 valence electrons. The summed E-state index contributed by atoms with van der Waals surface area (Å²) in [5, 5.41) is 0. The quantitative estimate of drug-likeness (QED) is 0.765. The number of pyridine rings is 1. The number of ether oxygens (including phenoxy) is 1. The highest BCUT2D eigenvalue weighted by Crippen LogP contribution is 2.27. The van der Waals surface area contributed by atoms with Crippen LogP contribution in [0.15, 0.2) is 18.3 Å². The monoisotopic (exact) mass is 288 g/mol. The number of likely N-dealkylation sites (tertiary alicyclic amines) is 1. The normalized spacial score (nSPS) is 19.6. The summed E-state index contributed by atoms with van der Waals surface area (Å²) < 4.78 is 7.55. The lowest BCUT2D eigenvalue weighted by Crippen LogP contribution is -2.22. The summed E-state index contributed by atoms with van der Waals surface area (Å²) in [6.45, 7) is 6.41. The van der Waals surface area contributed by atoms with Crippen molar-refractivity contribution >= 4 is 11.2 Å². The van der Waals surface area contributed by atoms with Gasteiger partial charge in [-0.3, -0.25) is 0 Å². The zero-order chi connectivity index (χ0) is 14.7. The maximum absolute atomic E-state index is 5.18. The lowest BCUT2D eigenvalue weighted by atomic mass is 10.2. The molecule has 0 saturated carbocycles. The van der Waals surface area contributed by atoms with Crippen molar-refractivity contribution in [1.82, 2.24) is 19.4 Å². The highest BCUT2D eigenvalue weighted by Gasteiger charge is 2.26. The van der Waals surface area contributed by atoms with Gasteiger partial charge in [0.15, 0.2) is 5.65 Å². The van der Waals surface area contributed by atoms with E-state index in [0.29, 0.717) is 6.04 Å². The fourth-order valence-electron chi connectivity index (χ4n) is 3.22. The van der Waals surface area contributed by atoms with Gasteiger partial charge >= 0.3 is 0 Å². The van der Waals surface area contributed by atoms with Crippen molar-refractivity contribution in [1.29, 1.82) is 0 Å². The summed E-state index contributed by atoms with van der Waals surface area (Å²) in [7, 11) is 1.75. The highest BCUT2D eigenvalue weighted by atomic mass is 16.5. The minimum atomic E-state index is 0.502. The Morgan fingerprint density at radius 3 is 3.10 bits per heavy atom. The second-order valence-electron chi connectivity index (χ2n) is 5.68. The molecular formula is C16H24N4O. The van der Waals surface area contributed by atoms with Crippen LogP contribution in [0, 0.1) is 0 Å². The van der Waals surface area contributed by atoms with Crippen LogP contribution in [0.1, 0.15) is 31.6 Å². The number of aromatic nitrogens is 3. The summed E-state index contributed by atoms with van der Waals surface area (Å²) in [5.74, 6) is 1.16. The van der Waals surface area contributed by atoms with Gasteiger partial charge in [0, 0.05) is 39.4 Å². The number of aryl methyl sites for hydroxylation is 1. The molecule has 5 heteroatoms. The number of imidazole rings is 1. The van der Waals surface area contributed by atoms with E-state index in [4.69, 9.17) is 9.72 Å². The molecule has 0 aliphatic carbocycles. The van der Waals surface area contributed by atoms with Crippen molar-refractivity contribution < 1.29 is 4.74 Å². The molecule has 3 rings (SSSR count). The second-order valence-corrected chi connectivity index (χ2v) is 5.68. The zero-order valence-corrected chi connectivity index (χ0v) is 13.0. The molecule has 5 nitrogen and oxygen atoms in total. The molecule has 1 atom stereocenters. The van der Waals surface area contributed by atoms with Crippen LogP contribution in [0.3, 0.4) is 0 Å². The highest BCUT2D eigenvalue weighted by molar-refractivity contribution is 5.71. The molecule has 1 saturated heterocycles. The molecule has 1 aliphatic heterocycles. The summed E-state index contributed by atoms with van der Waals surface area (Å²) >= 11 is 0. The molecule has 0 amide bonds. The summed E-state index contributed by atoms with van der Waals surface area (Å²) in [4.78, 5) is 11.9. The lowest BCUT2D eigenvalue weighted by molar-refractivity contribution is 0.194. The lowest BCUT2D eigenvalue weighted by Gasteiger charge is -2.17. The van der Waals surface area contributed by atoms with Crippen LogP contribution < -0.4 is 0 Å². The predicted octanol–water partition coefficient (Wildman–Crippen LogP) is 2.28. The summed E-state index contributed by atoms with van der Waals surface area (Å²) in [6, 6.07) is 4.53. The minimum absolute atomic E-state index is 0.502. The van der Waals surface area contributed by atoms with Crippen LogP contribution >= 0.6 is 0 Å². The first-order chi connectivity index (χ1) is 10.3. The number of likely N-dealkylation sites (N-methyl/N-ethyl adjacent to an activating group) is 1. The van der Waals surface area contributed by atoms with Crippen LogP contribution in [0.25, 0.3) is 11.2 Å². The van der Waals surface area contributed by atoms with Gasteiger partial charge in [-0.15, -0.1) is 0 Å². The number of hydrogen-bond acceptors (Lipinski definition) is 4. The molecular weight excluding hydrogens is 264 g/mol. The standard InChI is InChI=1S/C16H24N4O/c1-3-19-10-8-13(12-19)20-15(7-5-11-21-2)18-14-6-4-9-17-16(14)20/h4,6,9,13H,3,5,7-8,10-12H2,1-2H3. The Kier molecular flexibility index (Phi) is 4.51. The van der Waals surface area contributed by atoms with Gasteiger partial charge in [-0.1, -0.05) is 6.92 Å². The topological polar surface area (TPSA) is 43.2 Å². The van der Waals surface area contributed by atoms with Gasteiger partial charge in [0.1, 0.15) is 11.3 Å². The van der Waals surface area contributed by atoms with Gasteiger partial charge in [0.25, 0.3) is 0 Å². The molecule has 0 N–H and O–H groups in total. The van der Waals surface area contributed by atoms with E-state index in [9.17, 15) is 0 Å². The second kappa shape index (κ2) is 6.54. The van der Waals surface area contributed by atoms with Gasteiger partial charge in [-0.25, -0.2) is 9.97 Å². The number of nitrogens with zero attached hydrogens (tertiary/aromatic N) is 4. The molecule has 1 unspecified atom stereocenters. The molecule has 0 radical (unpaired) electrons. The minimum Gasteiger partial charge on any atom is -0.385 e. The molecule has 1 aliphatic rings. The van der Waals surface area contributed by atoms with E-state index in [1.807, 2.05) is 12.3 Å². The van der Waals surface area contributed by atoms with Crippen LogP contribution in [0.4, 0.5) is 0 Å². The summed E-state index contributed by atoms with van der Waals surface area (Å²) in [6.07, 6.45) is 5.01. The average Bonchev–Trinajstić information content (AvgIpc) is 3.10. The number of hydrogen-bond donors (Lipinski definition) is 0. The van der Waals surface area contributed by atoms with Gasteiger partial charge in [0.05, 0.1) is 6.04 Å². The molecule has 1 fully saturated rings. The molecule has 0 spiro atoms. The van der Waals surface area contributed by atoms with E-state index in [0.717, 1.165) is 49.5 Å². The van der Waals surface area contributed by atoms with Crippen LogP contribution in [-0.4, -0.2) is 52.8 Å². The number of fused-ring (bicyclic) bond motifs is 1. The Morgan fingerprint density at radius 2 is 2.33 bits per heavy atom. The fourth-order valence-corrected chi connectivity index (χ4v) is 3.22. The Hall–Kier alpha value is -1.46. The van der Waals surface area contributed by atoms with Gasteiger partial charge in [-0.2, -0.15) is 0 Å². The third-order valence-electron chi connectivity index (χ3n) is 4.33. The van der Waals surface area contributed by atoms with Gasteiger partial charge in [0.2, 0.25) is 0 Å². The SMILES string of the molecule is CCN1CCC(n2c(CCCOC)nc3cccnc32)C1.